The molecule has 0 aliphatic carbocycles. The van der Waals surface area contributed by atoms with Gasteiger partial charge in [-0.2, -0.15) is 5.10 Å². The number of halogens is 2. The van der Waals surface area contributed by atoms with Gasteiger partial charge in [0.15, 0.2) is 0 Å². The molecule has 0 N–H and O–H groups in total. The number of rotatable bonds is 5. The minimum absolute atomic E-state index is 0.0307. The van der Waals surface area contributed by atoms with Crippen molar-refractivity contribution < 1.29 is 23.1 Å². The van der Waals surface area contributed by atoms with Crippen molar-refractivity contribution in [3.63, 3.8) is 0 Å². The third kappa shape index (κ3) is 4.29. The summed E-state index contributed by atoms with van der Waals surface area (Å²) in [6.45, 7) is 6.86. The van der Waals surface area contributed by atoms with Crippen LogP contribution in [0.4, 0.5) is 8.78 Å². The number of nitrogens with zero attached hydrogens (tertiary/aromatic N) is 5. The van der Waals surface area contributed by atoms with Gasteiger partial charge in [0.1, 0.15) is 28.8 Å². The number of fused-ring (bicyclic) bond motifs is 3. The van der Waals surface area contributed by atoms with Crippen molar-refractivity contribution >= 4 is 33.2 Å². The van der Waals surface area contributed by atoms with Crippen LogP contribution in [0.5, 0.6) is 5.75 Å². The predicted molar refractivity (Wildman–Crippen MR) is 164 cm³/mol. The van der Waals surface area contributed by atoms with E-state index in [0.717, 1.165) is 39.0 Å². The molecule has 1 atom stereocenters. The van der Waals surface area contributed by atoms with E-state index in [1.54, 1.807) is 16.8 Å². The van der Waals surface area contributed by atoms with Crippen molar-refractivity contribution in [1.82, 2.24) is 24.6 Å². The Morgan fingerprint density at radius 3 is 2.70 bits per heavy atom. The molecule has 5 aromatic rings. The molecule has 0 spiro atoms. The van der Waals surface area contributed by atoms with E-state index in [4.69, 9.17) is 14.8 Å². The zero-order valence-corrected chi connectivity index (χ0v) is 25.0. The van der Waals surface area contributed by atoms with E-state index in [1.807, 2.05) is 47.3 Å². The molecule has 44 heavy (non-hydrogen) atoms. The summed E-state index contributed by atoms with van der Waals surface area (Å²) in [6, 6.07) is 11.3. The zero-order valence-electron chi connectivity index (χ0n) is 24.2. The smallest absolute Gasteiger partial charge is 0.254 e. The number of aromatic nitrogens is 3. The SMILES string of the molecule is C=CC(=O)N1Cc2cc(-c3nc(-c4ccc5c(c4)CN(C)C5=O)c4ccsc4c3-c3c(F)cc(F)cc3OC)nn2C(C)C1. The lowest BCUT2D eigenvalue weighted by Crippen LogP contribution is -2.39. The van der Waals surface area contributed by atoms with Crippen molar-refractivity contribution in [2.75, 3.05) is 20.7 Å². The third-order valence-corrected chi connectivity index (χ3v) is 9.19. The van der Waals surface area contributed by atoms with Gasteiger partial charge in [-0.3, -0.25) is 14.3 Å². The van der Waals surface area contributed by atoms with E-state index >= 15 is 4.39 Å². The van der Waals surface area contributed by atoms with Crippen LogP contribution < -0.4 is 4.74 Å². The monoisotopic (exact) mass is 611 g/mol. The van der Waals surface area contributed by atoms with Crippen LogP contribution in [0.1, 0.15) is 34.6 Å². The van der Waals surface area contributed by atoms with Crippen molar-refractivity contribution in [2.45, 2.75) is 26.1 Å². The molecular formula is C33H27F2N5O3S. The molecule has 11 heteroatoms. The zero-order chi connectivity index (χ0) is 30.9. The van der Waals surface area contributed by atoms with E-state index in [2.05, 4.69) is 6.58 Å². The second-order valence-corrected chi connectivity index (χ2v) is 12.0. The lowest BCUT2D eigenvalue weighted by molar-refractivity contribution is -0.127. The molecule has 0 bridgehead atoms. The first kappa shape index (κ1) is 27.9. The lowest BCUT2D eigenvalue weighted by Gasteiger charge is -2.31. The lowest BCUT2D eigenvalue weighted by atomic mass is 9.95. The molecule has 3 aromatic heterocycles. The minimum Gasteiger partial charge on any atom is -0.496 e. The molecule has 222 valence electrons. The Morgan fingerprint density at radius 2 is 1.93 bits per heavy atom. The number of benzene rings is 2. The molecule has 1 unspecified atom stereocenters. The molecule has 2 amide bonds. The first-order chi connectivity index (χ1) is 21.2. The molecule has 0 fully saturated rings. The molecular weight excluding hydrogens is 584 g/mol. The summed E-state index contributed by atoms with van der Waals surface area (Å²) in [7, 11) is 3.13. The van der Waals surface area contributed by atoms with Crippen LogP contribution in [-0.2, 0) is 17.9 Å². The van der Waals surface area contributed by atoms with Gasteiger partial charge in [0, 0.05) is 59.0 Å². The van der Waals surface area contributed by atoms with Crippen LogP contribution in [0.25, 0.3) is 43.9 Å². The fraction of sp³-hybridized carbons (Fsp3) is 0.212. The van der Waals surface area contributed by atoms with Gasteiger partial charge in [0.05, 0.1) is 36.6 Å². The van der Waals surface area contributed by atoms with Gasteiger partial charge in [0.2, 0.25) is 5.91 Å². The van der Waals surface area contributed by atoms with Crippen LogP contribution in [-0.4, -0.2) is 57.1 Å². The number of carbonyl (C=O) groups excluding carboxylic acids is 2. The Morgan fingerprint density at radius 1 is 1.11 bits per heavy atom. The fourth-order valence-corrected chi connectivity index (χ4v) is 7.18. The van der Waals surface area contributed by atoms with Crippen LogP contribution >= 0.6 is 11.3 Å². The number of thiophene rings is 1. The maximum Gasteiger partial charge on any atom is 0.254 e. The van der Waals surface area contributed by atoms with Gasteiger partial charge in [-0.05, 0) is 48.2 Å². The Hall–Kier alpha value is -4.90. The minimum atomic E-state index is -0.786. The van der Waals surface area contributed by atoms with Gasteiger partial charge < -0.3 is 14.5 Å². The summed E-state index contributed by atoms with van der Waals surface area (Å²) in [4.78, 5) is 33.6. The second-order valence-electron chi connectivity index (χ2n) is 11.1. The highest BCUT2D eigenvalue weighted by atomic mass is 32.1. The van der Waals surface area contributed by atoms with Crippen molar-refractivity contribution in [3.05, 3.63) is 89.0 Å². The number of methoxy groups -OCH3 is 1. The average Bonchev–Trinajstić information content (AvgIpc) is 3.73. The second kappa shape index (κ2) is 10.4. The van der Waals surface area contributed by atoms with E-state index < -0.39 is 11.6 Å². The number of hydrogen-bond donors (Lipinski definition) is 0. The highest BCUT2D eigenvalue weighted by molar-refractivity contribution is 7.18. The first-order valence-electron chi connectivity index (χ1n) is 14.0. The molecule has 0 radical (unpaired) electrons. The summed E-state index contributed by atoms with van der Waals surface area (Å²) in [5, 5.41) is 7.60. The van der Waals surface area contributed by atoms with E-state index in [9.17, 15) is 14.0 Å². The molecule has 2 aromatic carbocycles. The van der Waals surface area contributed by atoms with Crippen molar-refractivity contribution in [3.8, 4) is 39.5 Å². The van der Waals surface area contributed by atoms with Crippen LogP contribution in [0.15, 0.2) is 60.5 Å². The van der Waals surface area contributed by atoms with Gasteiger partial charge >= 0.3 is 0 Å². The Bertz CT molecular complexity index is 2030. The molecule has 0 saturated heterocycles. The van der Waals surface area contributed by atoms with Gasteiger partial charge in [-0.15, -0.1) is 11.3 Å². The summed E-state index contributed by atoms with van der Waals surface area (Å²) >= 11 is 1.41. The highest BCUT2D eigenvalue weighted by Crippen LogP contribution is 2.47. The molecule has 7 rings (SSSR count). The van der Waals surface area contributed by atoms with Gasteiger partial charge in [-0.1, -0.05) is 12.6 Å². The largest absolute Gasteiger partial charge is 0.496 e. The summed E-state index contributed by atoms with van der Waals surface area (Å²) < 4.78 is 38.2. The topological polar surface area (TPSA) is 80.6 Å². The van der Waals surface area contributed by atoms with Crippen molar-refractivity contribution in [2.24, 2.45) is 0 Å². The maximum absolute atomic E-state index is 15.8. The first-order valence-corrected chi connectivity index (χ1v) is 14.9. The summed E-state index contributed by atoms with van der Waals surface area (Å²) in [5.41, 5.74) is 5.18. The number of amides is 2. The third-order valence-electron chi connectivity index (χ3n) is 8.26. The molecule has 8 nitrogen and oxygen atoms in total. The Labute approximate surface area is 255 Å². The number of ether oxygens (including phenoxy) is 1. The number of carbonyl (C=O) groups is 2. The number of hydrogen-bond acceptors (Lipinski definition) is 6. The van der Waals surface area contributed by atoms with Gasteiger partial charge in [-0.25, -0.2) is 13.8 Å². The fourth-order valence-electron chi connectivity index (χ4n) is 6.23. The summed E-state index contributed by atoms with van der Waals surface area (Å²) in [6.07, 6.45) is 1.29. The van der Waals surface area contributed by atoms with Crippen molar-refractivity contribution in [1.29, 1.82) is 0 Å². The van der Waals surface area contributed by atoms with E-state index in [0.29, 0.717) is 47.8 Å². The standard InChI is InChI=1S/C33H27F2N5O3S/c1-5-27(41)39-14-17(2)40-21(16-39)13-25(37-40)31-29(28-24(35)11-20(34)12-26(28)43-4)32-23(8-9-44-32)30(36-31)18-6-7-22-19(10-18)15-38(3)33(22)42/h5-13,17H,1,14-16H2,2-4H3. The molecule has 2 aliphatic heterocycles. The number of pyridine rings is 1. The molecule has 2 aliphatic rings. The maximum atomic E-state index is 15.8. The van der Waals surface area contributed by atoms with Crippen LogP contribution in [0.3, 0.4) is 0 Å². The molecule has 0 saturated carbocycles. The Kier molecular flexibility index (Phi) is 6.58. The van der Waals surface area contributed by atoms with E-state index in [-0.39, 0.29) is 29.2 Å². The quantitative estimate of drug-likeness (QED) is 0.213. The van der Waals surface area contributed by atoms with E-state index in [1.165, 1.54) is 24.5 Å². The predicted octanol–water partition coefficient (Wildman–Crippen LogP) is 6.46. The highest BCUT2D eigenvalue weighted by Gasteiger charge is 2.31. The average molecular weight is 612 g/mol. The molecule has 5 heterocycles. The Balaban J connectivity index is 1.50. The van der Waals surface area contributed by atoms with Gasteiger partial charge in [0.25, 0.3) is 5.91 Å². The summed E-state index contributed by atoms with van der Waals surface area (Å²) in [5.74, 6) is -1.71. The van der Waals surface area contributed by atoms with Crippen LogP contribution in [0.2, 0.25) is 0 Å². The normalized spacial score (nSPS) is 15.9. The van der Waals surface area contributed by atoms with Crippen LogP contribution in [0, 0.1) is 11.6 Å².